The van der Waals surface area contributed by atoms with E-state index in [2.05, 4.69) is 13.8 Å². The summed E-state index contributed by atoms with van der Waals surface area (Å²) >= 11 is 6.30. The van der Waals surface area contributed by atoms with Crippen LogP contribution in [0, 0.1) is 5.92 Å². The maximum absolute atomic E-state index is 6.30. The molecule has 0 aromatic heterocycles. The smallest absolute Gasteiger partial charge is 0.405 e. The van der Waals surface area contributed by atoms with Gasteiger partial charge in [-0.3, -0.25) is 0 Å². The molecule has 2 aliphatic rings. The Labute approximate surface area is 97.8 Å². The van der Waals surface area contributed by atoms with Crippen LogP contribution in [0.5, 0.6) is 0 Å². The molecule has 0 radical (unpaired) electrons. The fourth-order valence-corrected chi connectivity index (χ4v) is 2.96. The molecule has 3 atom stereocenters. The first kappa shape index (κ1) is 11.8. The number of fused-ring (bicyclic) bond motifs is 1. The van der Waals surface area contributed by atoms with Gasteiger partial charge in [0.15, 0.2) is 0 Å². The molecular formula is C11H20BClO2. The van der Waals surface area contributed by atoms with Crippen LogP contribution in [0.1, 0.15) is 46.0 Å². The van der Waals surface area contributed by atoms with E-state index >= 15 is 0 Å². The van der Waals surface area contributed by atoms with Gasteiger partial charge in [-0.25, -0.2) is 0 Å². The van der Waals surface area contributed by atoms with E-state index < -0.39 is 0 Å². The summed E-state index contributed by atoms with van der Waals surface area (Å²) in [6.45, 7) is 4.36. The Hall–Kier alpha value is 0.275. The van der Waals surface area contributed by atoms with Crippen molar-refractivity contribution in [2.24, 2.45) is 5.92 Å². The number of hydrogen-bond donors (Lipinski definition) is 0. The van der Waals surface area contributed by atoms with E-state index in [-0.39, 0.29) is 12.4 Å². The lowest BCUT2D eigenvalue weighted by molar-refractivity contribution is 0.110. The van der Waals surface area contributed by atoms with Crippen molar-refractivity contribution in [3.63, 3.8) is 0 Å². The van der Waals surface area contributed by atoms with Crippen molar-refractivity contribution < 1.29 is 9.31 Å². The predicted molar refractivity (Wildman–Crippen MR) is 63.1 cm³/mol. The van der Waals surface area contributed by atoms with Gasteiger partial charge in [-0.2, -0.15) is 0 Å². The average molecular weight is 231 g/mol. The van der Waals surface area contributed by atoms with Crippen molar-refractivity contribution in [2.45, 2.75) is 63.4 Å². The molecule has 0 bridgehead atoms. The Morgan fingerprint density at radius 1 is 1.20 bits per heavy atom. The van der Waals surface area contributed by atoms with Crippen molar-refractivity contribution in [1.29, 1.82) is 0 Å². The number of rotatable bonds is 3. The lowest BCUT2D eigenvalue weighted by Gasteiger charge is -2.22. The first-order valence-electron chi connectivity index (χ1n) is 6.12. The van der Waals surface area contributed by atoms with Crippen LogP contribution in [0.2, 0.25) is 0 Å². The van der Waals surface area contributed by atoms with Crippen molar-refractivity contribution in [3.05, 3.63) is 0 Å². The second kappa shape index (κ2) is 5.07. The summed E-state index contributed by atoms with van der Waals surface area (Å²) in [7, 11) is -0.165. The van der Waals surface area contributed by atoms with Gasteiger partial charge in [-0.15, -0.1) is 11.6 Å². The van der Waals surface area contributed by atoms with Gasteiger partial charge in [0, 0.05) is 0 Å². The van der Waals surface area contributed by atoms with Gasteiger partial charge in [-0.05, 0) is 25.2 Å². The Balaban J connectivity index is 1.85. The van der Waals surface area contributed by atoms with Crippen molar-refractivity contribution in [3.8, 4) is 0 Å². The van der Waals surface area contributed by atoms with Crippen LogP contribution in [0.15, 0.2) is 0 Å². The van der Waals surface area contributed by atoms with Gasteiger partial charge in [0.25, 0.3) is 0 Å². The summed E-state index contributed by atoms with van der Waals surface area (Å²) in [4.78, 5) is 0. The molecule has 0 aromatic carbocycles. The van der Waals surface area contributed by atoms with E-state index in [1.165, 1.54) is 12.8 Å². The molecule has 1 saturated carbocycles. The third-order valence-corrected chi connectivity index (χ3v) is 3.64. The van der Waals surface area contributed by atoms with Gasteiger partial charge < -0.3 is 9.31 Å². The van der Waals surface area contributed by atoms with Gasteiger partial charge in [-0.1, -0.05) is 26.7 Å². The molecule has 2 rings (SSSR count). The van der Waals surface area contributed by atoms with Crippen LogP contribution in [0.25, 0.3) is 0 Å². The highest BCUT2D eigenvalue weighted by molar-refractivity contribution is 6.59. The van der Waals surface area contributed by atoms with Crippen LogP contribution in [-0.4, -0.2) is 24.6 Å². The zero-order valence-corrected chi connectivity index (χ0v) is 10.4. The monoisotopic (exact) mass is 230 g/mol. The van der Waals surface area contributed by atoms with Crippen molar-refractivity contribution in [1.82, 2.24) is 0 Å². The van der Waals surface area contributed by atoms with E-state index in [4.69, 9.17) is 20.9 Å². The van der Waals surface area contributed by atoms with Gasteiger partial charge in [0.05, 0.1) is 17.5 Å². The highest BCUT2D eigenvalue weighted by atomic mass is 35.5. The Morgan fingerprint density at radius 3 is 2.20 bits per heavy atom. The number of alkyl halides is 1. The fraction of sp³-hybridized carbons (Fsp3) is 1.00. The molecule has 2 nitrogen and oxygen atoms in total. The van der Waals surface area contributed by atoms with Gasteiger partial charge in [0.1, 0.15) is 0 Å². The molecule has 0 N–H and O–H groups in total. The normalized spacial score (nSPS) is 33.2. The SMILES string of the molecule is CC(C)CC(Cl)B1OC2CCCCC2O1. The maximum atomic E-state index is 6.30. The topological polar surface area (TPSA) is 18.5 Å². The summed E-state index contributed by atoms with van der Waals surface area (Å²) < 4.78 is 11.7. The van der Waals surface area contributed by atoms with E-state index in [9.17, 15) is 0 Å². The Kier molecular flexibility index (Phi) is 3.97. The number of hydrogen-bond acceptors (Lipinski definition) is 2. The second-order valence-corrected chi connectivity index (χ2v) is 5.71. The molecule has 3 unspecified atom stereocenters. The summed E-state index contributed by atoms with van der Waals surface area (Å²) in [5.41, 5.74) is 0. The molecule has 4 heteroatoms. The highest BCUT2D eigenvalue weighted by Gasteiger charge is 2.44. The first-order valence-corrected chi connectivity index (χ1v) is 6.55. The lowest BCUT2D eigenvalue weighted by atomic mass is 9.80. The van der Waals surface area contributed by atoms with Gasteiger partial charge >= 0.3 is 7.12 Å². The van der Waals surface area contributed by atoms with Crippen LogP contribution >= 0.6 is 11.6 Å². The molecule has 2 fully saturated rings. The van der Waals surface area contributed by atoms with E-state index in [1.54, 1.807) is 0 Å². The first-order chi connectivity index (χ1) is 7.16. The summed E-state index contributed by atoms with van der Waals surface area (Å²) in [6.07, 6.45) is 6.43. The zero-order valence-electron chi connectivity index (χ0n) is 9.62. The lowest BCUT2D eigenvalue weighted by Crippen LogP contribution is -2.30. The van der Waals surface area contributed by atoms with Crippen LogP contribution < -0.4 is 0 Å². The fourth-order valence-electron chi connectivity index (χ4n) is 2.48. The average Bonchev–Trinajstić information content (AvgIpc) is 2.59. The largest absolute Gasteiger partial charge is 0.476 e. The van der Waals surface area contributed by atoms with E-state index in [0.29, 0.717) is 18.1 Å². The Morgan fingerprint density at radius 2 is 1.73 bits per heavy atom. The quantitative estimate of drug-likeness (QED) is 0.548. The molecule has 86 valence electrons. The second-order valence-electron chi connectivity index (χ2n) is 5.15. The molecule has 0 amide bonds. The predicted octanol–water partition coefficient (Wildman–Crippen LogP) is 3.03. The standard InChI is InChI=1S/C11H20BClO2/c1-8(2)7-11(13)12-14-9-5-3-4-6-10(9)15-12/h8-11H,3-7H2,1-2H3. The molecule has 15 heavy (non-hydrogen) atoms. The minimum Gasteiger partial charge on any atom is -0.405 e. The van der Waals surface area contributed by atoms with E-state index in [0.717, 1.165) is 19.3 Å². The molecule has 1 saturated heterocycles. The molecule has 1 aliphatic heterocycles. The number of halogens is 1. The molecule has 1 aliphatic carbocycles. The van der Waals surface area contributed by atoms with Crippen molar-refractivity contribution >= 4 is 18.7 Å². The maximum Gasteiger partial charge on any atom is 0.476 e. The van der Waals surface area contributed by atoms with Crippen LogP contribution in [0.3, 0.4) is 0 Å². The van der Waals surface area contributed by atoms with Crippen molar-refractivity contribution in [2.75, 3.05) is 0 Å². The molecule has 1 heterocycles. The van der Waals surface area contributed by atoms with Crippen LogP contribution in [0.4, 0.5) is 0 Å². The summed E-state index contributed by atoms with van der Waals surface area (Å²) in [5.74, 6) is 0.599. The van der Waals surface area contributed by atoms with Gasteiger partial charge in [0.2, 0.25) is 0 Å². The van der Waals surface area contributed by atoms with Crippen LogP contribution in [-0.2, 0) is 9.31 Å². The highest BCUT2D eigenvalue weighted by Crippen LogP contribution is 2.32. The summed E-state index contributed by atoms with van der Waals surface area (Å²) in [5, 5.41) is 0.00981. The third kappa shape index (κ3) is 2.89. The minimum absolute atomic E-state index is 0.00981. The molecule has 0 spiro atoms. The summed E-state index contributed by atoms with van der Waals surface area (Å²) in [6, 6.07) is 0. The Bertz CT molecular complexity index is 199. The van der Waals surface area contributed by atoms with E-state index in [1.807, 2.05) is 0 Å². The zero-order chi connectivity index (χ0) is 10.8. The molecule has 0 aromatic rings. The molecular weight excluding hydrogens is 210 g/mol. The minimum atomic E-state index is -0.165. The third-order valence-electron chi connectivity index (χ3n) is 3.25.